The van der Waals surface area contributed by atoms with Crippen LogP contribution < -0.4 is 10.6 Å². The van der Waals surface area contributed by atoms with Gasteiger partial charge >= 0.3 is 12.2 Å². The molecule has 0 spiro atoms. The molecule has 0 unspecified atom stereocenters. The van der Waals surface area contributed by atoms with Crippen LogP contribution in [-0.2, 0) is 19.1 Å². The molecule has 2 saturated heterocycles. The highest BCUT2D eigenvalue weighted by Gasteiger charge is 2.51. The number of carbonyl (C=O) groups is 4. The van der Waals surface area contributed by atoms with E-state index in [1.807, 2.05) is 60.0 Å². The second-order valence-electron chi connectivity index (χ2n) is 17.5. The van der Waals surface area contributed by atoms with E-state index in [0.717, 1.165) is 98.5 Å². The minimum atomic E-state index is -0.891. The van der Waals surface area contributed by atoms with Crippen molar-refractivity contribution in [1.82, 2.24) is 40.4 Å². The third-order valence-electron chi connectivity index (χ3n) is 13.5. The van der Waals surface area contributed by atoms with Gasteiger partial charge in [-0.2, -0.15) is 0 Å². The Morgan fingerprint density at radius 1 is 0.714 bits per heavy atom. The largest absolute Gasteiger partial charge is 0.453 e. The van der Waals surface area contributed by atoms with Gasteiger partial charge in [-0.3, -0.25) is 9.59 Å². The maximum atomic E-state index is 14.1. The number of nitrogens with zero attached hydrogens (tertiary/aromatic N) is 4. The van der Waals surface area contributed by atoms with Crippen LogP contribution >= 0.6 is 0 Å². The first-order chi connectivity index (χ1) is 30.6. The lowest BCUT2D eigenvalue weighted by Gasteiger charge is -2.37. The van der Waals surface area contributed by atoms with E-state index in [1.165, 1.54) is 14.2 Å². The van der Waals surface area contributed by atoms with Gasteiger partial charge in [0.05, 0.1) is 48.4 Å². The highest BCUT2D eigenvalue weighted by molar-refractivity contribution is 6.07. The highest BCUT2D eigenvalue weighted by Crippen LogP contribution is 2.50. The van der Waals surface area contributed by atoms with Gasteiger partial charge in [0.15, 0.2) is 0 Å². The summed E-state index contributed by atoms with van der Waals surface area (Å²) in [5.41, 5.74) is 6.33. The average Bonchev–Trinajstić information content (AvgIpc) is 4.17. The predicted molar refractivity (Wildman–Crippen MR) is 239 cm³/mol. The van der Waals surface area contributed by atoms with E-state index in [1.54, 1.807) is 0 Å². The number of imidazole rings is 2. The van der Waals surface area contributed by atoms with E-state index in [4.69, 9.17) is 19.4 Å². The molecule has 2 aromatic heterocycles. The van der Waals surface area contributed by atoms with Crippen molar-refractivity contribution in [3.05, 3.63) is 108 Å². The van der Waals surface area contributed by atoms with Crippen molar-refractivity contribution in [1.29, 1.82) is 0 Å². The number of amides is 4. The van der Waals surface area contributed by atoms with Crippen LogP contribution in [0.3, 0.4) is 0 Å². The molecule has 2 bridgehead atoms. The van der Waals surface area contributed by atoms with Gasteiger partial charge in [-0.1, -0.05) is 80.6 Å². The average molecular weight is 847 g/mol. The Morgan fingerprint density at radius 3 is 1.97 bits per heavy atom. The normalized spacial score (nSPS) is 20.5. The second kappa shape index (κ2) is 16.1. The molecule has 3 aliphatic rings. The fraction of sp³-hybridized carbons (Fsp3) is 0.347. The van der Waals surface area contributed by atoms with Gasteiger partial charge in [0.25, 0.3) is 5.91 Å². The zero-order valence-corrected chi connectivity index (χ0v) is 35.7. The molecular weight excluding hydrogens is 797 g/mol. The van der Waals surface area contributed by atoms with Gasteiger partial charge in [0.2, 0.25) is 5.91 Å². The van der Waals surface area contributed by atoms with Crippen molar-refractivity contribution in [2.45, 2.75) is 76.2 Å². The predicted octanol–water partition coefficient (Wildman–Crippen LogP) is 8.61. The van der Waals surface area contributed by atoms with E-state index in [9.17, 15) is 19.2 Å². The van der Waals surface area contributed by atoms with Gasteiger partial charge < -0.3 is 39.9 Å². The Bertz CT molecular complexity index is 2930. The third-order valence-corrected chi connectivity index (χ3v) is 13.5. The monoisotopic (exact) mass is 846 g/mol. The molecule has 63 heavy (non-hydrogen) atoms. The molecule has 7 aromatic rings. The third kappa shape index (κ3) is 7.07. The highest BCUT2D eigenvalue weighted by atomic mass is 16.5. The summed E-state index contributed by atoms with van der Waals surface area (Å²) in [6, 6.07) is 28.4. The summed E-state index contributed by atoms with van der Waals surface area (Å²) in [5.74, 6) is 1.37. The zero-order valence-electron chi connectivity index (χ0n) is 35.7. The Labute approximate surface area is 363 Å². The molecule has 6 atom stereocenters. The molecule has 1 saturated carbocycles. The van der Waals surface area contributed by atoms with Crippen LogP contribution in [0, 0.1) is 11.8 Å². The summed E-state index contributed by atoms with van der Waals surface area (Å²) in [6.45, 7) is 4.42. The van der Waals surface area contributed by atoms with Crippen LogP contribution in [-0.4, -0.2) is 86.6 Å². The lowest BCUT2D eigenvalue weighted by molar-refractivity contribution is -0.139. The number of fused-ring (bicyclic) bond motifs is 8. The lowest BCUT2D eigenvalue weighted by Crippen LogP contribution is -2.54. The van der Waals surface area contributed by atoms with Crippen molar-refractivity contribution >= 4 is 67.6 Å². The molecule has 4 heterocycles. The minimum Gasteiger partial charge on any atom is -0.453 e. The van der Waals surface area contributed by atoms with Crippen molar-refractivity contribution in [2.75, 3.05) is 20.8 Å². The molecule has 14 heteroatoms. The van der Waals surface area contributed by atoms with E-state index < -0.39 is 24.3 Å². The Hall–Kier alpha value is -6.96. The number of H-pyrrole nitrogens is 2. The number of likely N-dealkylation sites (tertiary alicyclic amines) is 2. The van der Waals surface area contributed by atoms with Gasteiger partial charge in [-0.25, -0.2) is 19.6 Å². The number of aromatic nitrogens is 4. The smallest absolute Gasteiger partial charge is 0.407 e. The summed E-state index contributed by atoms with van der Waals surface area (Å²) < 4.78 is 9.72. The summed E-state index contributed by atoms with van der Waals surface area (Å²) in [5, 5.41) is 9.64. The van der Waals surface area contributed by atoms with Crippen LogP contribution in [0.4, 0.5) is 9.59 Å². The van der Waals surface area contributed by atoms with Crippen LogP contribution in [0.2, 0.25) is 0 Å². The first kappa shape index (κ1) is 40.1. The molecule has 14 nitrogen and oxygen atoms in total. The molecule has 322 valence electrons. The van der Waals surface area contributed by atoms with Crippen LogP contribution in [0.1, 0.15) is 81.3 Å². The molecule has 3 fully saturated rings. The number of benzene rings is 5. The number of hydrogen-bond donors (Lipinski definition) is 4. The maximum absolute atomic E-state index is 14.1. The van der Waals surface area contributed by atoms with E-state index in [-0.39, 0.29) is 35.9 Å². The van der Waals surface area contributed by atoms with Crippen molar-refractivity contribution in [3.8, 4) is 11.1 Å². The van der Waals surface area contributed by atoms with Gasteiger partial charge in [-0.05, 0) is 95.7 Å². The number of piperidine rings is 1. The number of carbonyl (C=O) groups excluding carboxylic acids is 4. The van der Waals surface area contributed by atoms with Crippen molar-refractivity contribution in [2.24, 2.45) is 11.8 Å². The first-order valence-corrected chi connectivity index (χ1v) is 21.8. The Balaban J connectivity index is 0.920. The van der Waals surface area contributed by atoms with E-state index in [2.05, 4.69) is 75.2 Å². The van der Waals surface area contributed by atoms with Crippen molar-refractivity contribution in [3.63, 3.8) is 0 Å². The maximum Gasteiger partial charge on any atom is 0.407 e. The van der Waals surface area contributed by atoms with Crippen LogP contribution in [0.25, 0.3) is 54.7 Å². The SMILES string of the molecule is COC(=O)N[C@H](C(=O)N1[C@H]2CC[C@H](C2)[C@H]1c1nc2c(ccc3cc(-c4ccc5c(ccc6[nH]c([C@@H]7CCCN7C(=O)[C@H](NC(=O)OC)c7ccccc7)nc65)c4)ccc32)[nH]1)C(C)C. The fourth-order valence-corrected chi connectivity index (χ4v) is 10.4. The van der Waals surface area contributed by atoms with Crippen LogP contribution in [0.5, 0.6) is 0 Å². The standard InChI is InChI=1S/C49H50N8O6/c1-26(2)39(54-48(60)62-3)47(59)57-33-17-12-32(25-33)43(57)45-51-37-21-16-31-24-29(14-19-35(31)42(37)53-45)28-13-18-34-30(23-28)15-20-36-41(34)52-44(50-36)38-11-8-22-56(38)46(58)40(55-49(61)63-4)27-9-6-5-7-10-27/h5-7,9-10,13-16,18-21,23-24,26,32-33,38-40,43H,8,11-12,17,22,25H2,1-4H3,(H,50,52)(H,51,53)(H,54,60)(H,55,61)/t32-,33+,38+,39+,40-,43+/m1/s1. The molecule has 2 aliphatic heterocycles. The number of rotatable bonds is 9. The molecule has 0 radical (unpaired) electrons. The topological polar surface area (TPSA) is 175 Å². The molecule has 10 rings (SSSR count). The summed E-state index contributed by atoms with van der Waals surface area (Å²) in [4.78, 5) is 74.0. The Morgan fingerprint density at radius 2 is 1.33 bits per heavy atom. The number of aromatic amines is 2. The first-order valence-electron chi connectivity index (χ1n) is 21.8. The zero-order chi connectivity index (χ0) is 43.5. The molecular formula is C49H50N8O6. The number of alkyl carbamates (subject to hydrolysis) is 2. The molecule has 4 N–H and O–H groups in total. The summed E-state index contributed by atoms with van der Waals surface area (Å²) >= 11 is 0. The van der Waals surface area contributed by atoms with Crippen LogP contribution in [0.15, 0.2) is 91.0 Å². The molecule has 4 amide bonds. The van der Waals surface area contributed by atoms with Crippen molar-refractivity contribution < 1.29 is 28.7 Å². The number of hydrogen-bond acceptors (Lipinski definition) is 8. The molecule has 1 aliphatic carbocycles. The number of methoxy groups -OCH3 is 2. The fourth-order valence-electron chi connectivity index (χ4n) is 10.4. The lowest BCUT2D eigenvalue weighted by atomic mass is 9.95. The quantitative estimate of drug-likeness (QED) is 0.112. The Kier molecular flexibility index (Phi) is 10.2. The van der Waals surface area contributed by atoms with E-state index >= 15 is 0 Å². The number of nitrogens with one attached hydrogen (secondary N) is 4. The van der Waals surface area contributed by atoms with Gasteiger partial charge in [-0.15, -0.1) is 0 Å². The van der Waals surface area contributed by atoms with E-state index in [0.29, 0.717) is 18.0 Å². The number of ether oxygens (including phenoxy) is 2. The van der Waals surface area contributed by atoms with Gasteiger partial charge in [0, 0.05) is 23.4 Å². The molecule has 5 aromatic carbocycles. The van der Waals surface area contributed by atoms with Gasteiger partial charge in [0.1, 0.15) is 23.7 Å². The minimum absolute atomic E-state index is 0.0950. The second-order valence-corrected chi connectivity index (χ2v) is 17.5. The summed E-state index contributed by atoms with van der Waals surface area (Å²) in [6.07, 6.45) is 3.18. The summed E-state index contributed by atoms with van der Waals surface area (Å²) in [7, 11) is 2.60.